The van der Waals surface area contributed by atoms with Gasteiger partial charge in [0, 0.05) is 50.0 Å². The van der Waals surface area contributed by atoms with Gasteiger partial charge in [0.15, 0.2) is 0 Å². The number of halogens is 1. The number of hydrogen-bond donors (Lipinski definition) is 2. The Hall–Kier alpha value is -2.40. The molecule has 35 heavy (non-hydrogen) atoms. The maximum atomic E-state index is 8.00. The molecule has 0 spiro atoms. The van der Waals surface area contributed by atoms with Crippen LogP contribution in [0, 0.1) is 13.8 Å². The summed E-state index contributed by atoms with van der Waals surface area (Å²) in [7, 11) is 0. The first-order valence-corrected chi connectivity index (χ1v) is 12.7. The van der Waals surface area contributed by atoms with Crippen LogP contribution >= 0.6 is 11.6 Å². The molecule has 194 valence electrons. The highest BCUT2D eigenvalue weighted by atomic mass is 35.5. The minimum Gasteiger partial charge on any atom is -0.369 e. The van der Waals surface area contributed by atoms with Gasteiger partial charge < -0.3 is 20.3 Å². The number of rotatable bonds is 10. The van der Waals surface area contributed by atoms with Gasteiger partial charge in [0.1, 0.15) is 6.79 Å². The number of allylic oxidation sites excluding steroid dienone is 6. The second-order valence-corrected chi connectivity index (χ2v) is 8.89. The van der Waals surface area contributed by atoms with Crippen molar-refractivity contribution in [2.45, 2.75) is 54.5 Å². The molecule has 1 aromatic carbocycles. The molecule has 1 aromatic rings. The first kappa shape index (κ1) is 32.6. The third-order valence-electron chi connectivity index (χ3n) is 5.60. The molecule has 0 atom stereocenters. The molecule has 0 radical (unpaired) electrons. The lowest BCUT2D eigenvalue weighted by molar-refractivity contribution is -0.0979. The smallest absolute Gasteiger partial charge is 0.106 e. The van der Waals surface area contributed by atoms with Crippen LogP contribution in [0.5, 0.6) is 0 Å². The molecule has 0 bridgehead atoms. The maximum absolute atomic E-state index is 8.00. The van der Waals surface area contributed by atoms with E-state index in [0.29, 0.717) is 0 Å². The first-order valence-electron chi connectivity index (χ1n) is 12.4. The molecule has 0 amide bonds. The van der Waals surface area contributed by atoms with Gasteiger partial charge in [0.2, 0.25) is 0 Å². The Kier molecular flexibility index (Phi) is 17.6. The predicted molar refractivity (Wildman–Crippen MR) is 155 cm³/mol. The van der Waals surface area contributed by atoms with E-state index in [1.807, 2.05) is 26.7 Å². The second kappa shape index (κ2) is 18.9. The fourth-order valence-electron chi connectivity index (χ4n) is 3.66. The van der Waals surface area contributed by atoms with Gasteiger partial charge in [0.05, 0.1) is 0 Å². The average molecular weight is 500 g/mol. The minimum atomic E-state index is 0.771. The highest BCUT2D eigenvalue weighted by Crippen LogP contribution is 2.22. The summed E-state index contributed by atoms with van der Waals surface area (Å²) in [5.41, 5.74) is 8.49. The Morgan fingerprint density at radius 2 is 1.77 bits per heavy atom. The Bertz CT molecular complexity index is 893. The molecule has 1 heterocycles. The largest absolute Gasteiger partial charge is 0.369 e. The van der Waals surface area contributed by atoms with Gasteiger partial charge in [-0.1, -0.05) is 79.6 Å². The Morgan fingerprint density at radius 3 is 2.34 bits per heavy atom. The summed E-state index contributed by atoms with van der Waals surface area (Å²) in [4.78, 5) is 10.3. The Labute approximate surface area is 219 Å². The topological polar surface area (TPSA) is 44.4 Å². The maximum Gasteiger partial charge on any atom is 0.106 e. The van der Waals surface area contributed by atoms with Crippen molar-refractivity contribution in [3.8, 4) is 0 Å². The van der Waals surface area contributed by atoms with Gasteiger partial charge in [-0.2, -0.15) is 0 Å². The zero-order valence-electron chi connectivity index (χ0n) is 22.8. The molecule has 1 aliphatic heterocycles. The van der Waals surface area contributed by atoms with Crippen LogP contribution in [-0.4, -0.2) is 44.4 Å². The molecule has 0 aliphatic carbocycles. The molecule has 1 fully saturated rings. The van der Waals surface area contributed by atoms with Gasteiger partial charge in [-0.05, 0) is 63.0 Å². The molecule has 2 rings (SSSR count). The van der Waals surface area contributed by atoms with Gasteiger partial charge in [0.25, 0.3) is 0 Å². The van der Waals surface area contributed by atoms with Gasteiger partial charge >= 0.3 is 0 Å². The van der Waals surface area contributed by atoms with E-state index in [2.05, 4.69) is 86.7 Å². The van der Waals surface area contributed by atoms with Gasteiger partial charge in [-0.25, -0.2) is 0 Å². The molecule has 0 aromatic heterocycles. The quantitative estimate of drug-likeness (QED) is 0.355. The van der Waals surface area contributed by atoms with Crippen molar-refractivity contribution in [3.05, 3.63) is 93.7 Å². The molecule has 1 aliphatic rings. The summed E-state index contributed by atoms with van der Waals surface area (Å²) in [6.45, 7) is 28.4. The highest BCUT2D eigenvalue weighted by Gasteiger charge is 2.10. The predicted octanol–water partition coefficient (Wildman–Crippen LogP) is 6.61. The fourth-order valence-corrected chi connectivity index (χ4v) is 3.91. The lowest BCUT2D eigenvalue weighted by atomic mass is 10.0. The van der Waals surface area contributed by atoms with Crippen molar-refractivity contribution in [2.24, 2.45) is 0 Å². The number of piperazine rings is 1. The Balaban J connectivity index is 0.00000274. The Morgan fingerprint density at radius 1 is 1.14 bits per heavy atom. The SMILES string of the molecule is C=C/C(=C\C(=C)N1CCNCC1)C/C(C)=C(Cl)/C=C(\C)CNCc1ccc(C)cc1C.C=O.CC. The molecule has 2 N–H and O–H groups in total. The van der Waals surface area contributed by atoms with Crippen molar-refractivity contribution in [2.75, 3.05) is 32.7 Å². The number of aryl methyl sites for hydroxylation is 2. The normalized spacial score (nSPS) is 14.7. The average Bonchev–Trinajstić information content (AvgIpc) is 2.87. The lowest BCUT2D eigenvalue weighted by Gasteiger charge is -2.30. The van der Waals surface area contributed by atoms with E-state index >= 15 is 0 Å². The monoisotopic (exact) mass is 499 g/mol. The number of carbonyl (C=O) groups excluding carboxylic acids is 1. The number of nitrogens with one attached hydrogen (secondary N) is 2. The fraction of sp³-hybridized carbons (Fsp3) is 0.433. The number of nitrogens with zero attached hydrogens (tertiary/aromatic N) is 1. The summed E-state index contributed by atoms with van der Waals surface area (Å²) in [6, 6.07) is 6.59. The highest BCUT2D eigenvalue weighted by molar-refractivity contribution is 6.31. The van der Waals surface area contributed by atoms with Crippen LogP contribution in [0.4, 0.5) is 0 Å². The van der Waals surface area contributed by atoms with E-state index in [9.17, 15) is 0 Å². The number of hydrogen-bond acceptors (Lipinski definition) is 4. The third kappa shape index (κ3) is 12.7. The van der Waals surface area contributed by atoms with Crippen molar-refractivity contribution >= 4 is 18.4 Å². The molecule has 5 heteroatoms. The summed E-state index contributed by atoms with van der Waals surface area (Å²) in [5, 5.41) is 7.69. The van der Waals surface area contributed by atoms with E-state index in [1.165, 1.54) is 22.3 Å². The van der Waals surface area contributed by atoms with E-state index in [0.717, 1.165) is 67.6 Å². The third-order valence-corrected chi connectivity index (χ3v) is 6.04. The van der Waals surface area contributed by atoms with Crippen molar-refractivity contribution in [3.63, 3.8) is 0 Å². The van der Waals surface area contributed by atoms with Crippen LogP contribution in [-0.2, 0) is 11.3 Å². The summed E-state index contributed by atoms with van der Waals surface area (Å²) < 4.78 is 0. The summed E-state index contributed by atoms with van der Waals surface area (Å²) >= 11 is 6.62. The number of carbonyl (C=O) groups is 1. The van der Waals surface area contributed by atoms with Crippen LogP contribution in [0.1, 0.15) is 50.8 Å². The van der Waals surface area contributed by atoms with Crippen molar-refractivity contribution in [1.29, 1.82) is 0 Å². The number of benzene rings is 1. The second-order valence-electron chi connectivity index (χ2n) is 8.48. The summed E-state index contributed by atoms with van der Waals surface area (Å²) in [6.07, 6.45) is 6.88. The van der Waals surface area contributed by atoms with E-state index in [-0.39, 0.29) is 0 Å². The zero-order chi connectivity index (χ0) is 26.8. The van der Waals surface area contributed by atoms with Crippen LogP contribution in [0.3, 0.4) is 0 Å². The van der Waals surface area contributed by atoms with Gasteiger partial charge in [-0.15, -0.1) is 0 Å². The zero-order valence-corrected chi connectivity index (χ0v) is 23.5. The standard InChI is InChI=1S/C27H38ClN3.C2H6.CH2O/c1-7-25(17-24(6)31-12-10-29-11-13-31)16-23(5)27(28)15-21(3)18-30-19-26-9-8-20(2)14-22(26)4;2*1-2/h7-9,14-15,17,29-30H,1,6,10-13,16,18-19H2,2-5H3;1-2H3;1H2/b21-15+,25-17+,27-23-;;. The van der Waals surface area contributed by atoms with E-state index in [1.54, 1.807) is 0 Å². The van der Waals surface area contributed by atoms with E-state index in [4.69, 9.17) is 16.4 Å². The molecule has 4 nitrogen and oxygen atoms in total. The van der Waals surface area contributed by atoms with E-state index < -0.39 is 0 Å². The molecule has 1 saturated heterocycles. The summed E-state index contributed by atoms with van der Waals surface area (Å²) in [5.74, 6) is 0. The lowest BCUT2D eigenvalue weighted by Crippen LogP contribution is -2.42. The minimum absolute atomic E-state index is 0.771. The first-order chi connectivity index (χ1) is 16.8. The van der Waals surface area contributed by atoms with Crippen LogP contribution in [0.25, 0.3) is 0 Å². The molecule has 0 saturated carbocycles. The van der Waals surface area contributed by atoms with Crippen molar-refractivity contribution < 1.29 is 4.79 Å². The molecule has 0 unspecified atom stereocenters. The molecular formula is C30H46ClN3O. The van der Waals surface area contributed by atoms with Crippen LogP contribution in [0.2, 0.25) is 0 Å². The van der Waals surface area contributed by atoms with Gasteiger partial charge in [-0.3, -0.25) is 0 Å². The van der Waals surface area contributed by atoms with Crippen LogP contribution in [0.15, 0.2) is 77.0 Å². The van der Waals surface area contributed by atoms with Crippen LogP contribution < -0.4 is 10.6 Å². The van der Waals surface area contributed by atoms with Crippen molar-refractivity contribution in [1.82, 2.24) is 15.5 Å². The molecular weight excluding hydrogens is 454 g/mol.